The number of hydrogen-bond acceptors (Lipinski definition) is 4. The zero-order valence-corrected chi connectivity index (χ0v) is 16.2. The van der Waals surface area contributed by atoms with Gasteiger partial charge in [-0.1, -0.05) is 12.1 Å². The van der Waals surface area contributed by atoms with Crippen molar-refractivity contribution in [2.24, 2.45) is 0 Å². The Morgan fingerprint density at radius 2 is 1.81 bits per heavy atom. The van der Waals surface area contributed by atoms with Crippen molar-refractivity contribution in [3.8, 4) is 0 Å². The van der Waals surface area contributed by atoms with Crippen molar-refractivity contribution in [3.63, 3.8) is 0 Å². The topological polar surface area (TPSA) is 36.4 Å². The second kappa shape index (κ2) is 8.77. The Kier molecular flexibility index (Phi) is 6.19. The lowest BCUT2D eigenvalue weighted by molar-refractivity contribution is 0.0989. The summed E-state index contributed by atoms with van der Waals surface area (Å²) in [7, 11) is 0. The monoisotopic (exact) mass is 383 g/mol. The number of amides is 1. The molecule has 0 aliphatic rings. The minimum absolute atomic E-state index is 0.107. The number of carbonyl (C=O) groups excluding carboxylic acids is 1. The van der Waals surface area contributed by atoms with E-state index in [0.29, 0.717) is 17.1 Å². The third kappa shape index (κ3) is 4.52. The number of thiophene rings is 1. The number of benzene rings is 1. The Morgan fingerprint density at radius 3 is 2.37 bits per heavy atom. The van der Waals surface area contributed by atoms with Crippen LogP contribution in [0.1, 0.15) is 29.1 Å². The first-order valence-electron chi connectivity index (χ1n) is 8.93. The molecule has 0 spiro atoms. The van der Waals surface area contributed by atoms with Gasteiger partial charge in [0, 0.05) is 25.0 Å². The number of rotatable bonds is 7. The van der Waals surface area contributed by atoms with E-state index in [4.69, 9.17) is 0 Å². The van der Waals surface area contributed by atoms with Crippen molar-refractivity contribution in [2.45, 2.75) is 20.4 Å². The number of nitrogens with zero attached hydrogens (tertiary/aromatic N) is 3. The van der Waals surface area contributed by atoms with Crippen LogP contribution in [0.2, 0.25) is 0 Å². The number of aromatic nitrogens is 1. The summed E-state index contributed by atoms with van der Waals surface area (Å²) in [6.07, 6.45) is 1.80. The molecule has 1 aromatic carbocycles. The van der Waals surface area contributed by atoms with E-state index < -0.39 is 0 Å². The molecule has 3 aromatic rings. The van der Waals surface area contributed by atoms with Crippen LogP contribution in [0.3, 0.4) is 0 Å². The van der Waals surface area contributed by atoms with Gasteiger partial charge in [0.25, 0.3) is 5.91 Å². The molecule has 0 bridgehead atoms. The molecule has 2 aromatic heterocycles. The highest BCUT2D eigenvalue weighted by Crippen LogP contribution is 2.23. The van der Waals surface area contributed by atoms with Crippen LogP contribution >= 0.6 is 11.3 Å². The molecule has 0 N–H and O–H groups in total. The van der Waals surface area contributed by atoms with Crippen LogP contribution in [0.15, 0.2) is 60.1 Å². The lowest BCUT2D eigenvalue weighted by atomic mass is 10.2. The Morgan fingerprint density at radius 1 is 1.07 bits per heavy atom. The van der Waals surface area contributed by atoms with Gasteiger partial charge in [-0.15, -0.1) is 11.3 Å². The van der Waals surface area contributed by atoms with Gasteiger partial charge >= 0.3 is 0 Å². The van der Waals surface area contributed by atoms with Crippen LogP contribution in [0.5, 0.6) is 0 Å². The largest absolute Gasteiger partial charge is 0.357 e. The molecule has 0 unspecified atom stereocenters. The molecule has 1 amide bonds. The van der Waals surface area contributed by atoms with Gasteiger partial charge in [0.15, 0.2) is 0 Å². The standard InChI is InChI=1S/C21H22FN3OS/c1-3-24(4-2)20-12-7-16(14-23-20)15-25(18-10-8-17(22)9-11-18)21(26)19-6-5-13-27-19/h5-14H,3-4,15H2,1-2H3. The maximum absolute atomic E-state index is 13.3. The van der Waals surface area contributed by atoms with E-state index in [1.165, 1.54) is 23.5 Å². The van der Waals surface area contributed by atoms with Crippen LogP contribution in [0.4, 0.5) is 15.9 Å². The number of hydrogen-bond donors (Lipinski definition) is 0. The first kappa shape index (κ1) is 19.0. The summed E-state index contributed by atoms with van der Waals surface area (Å²) in [6.45, 7) is 6.33. The third-order valence-electron chi connectivity index (χ3n) is 4.35. The molecule has 0 aliphatic carbocycles. The normalized spacial score (nSPS) is 10.6. The summed E-state index contributed by atoms with van der Waals surface area (Å²) in [5, 5.41) is 1.87. The van der Waals surface area contributed by atoms with Gasteiger partial charge in [0.2, 0.25) is 0 Å². The van der Waals surface area contributed by atoms with Crippen molar-refractivity contribution in [1.29, 1.82) is 0 Å². The zero-order chi connectivity index (χ0) is 19.2. The SMILES string of the molecule is CCN(CC)c1ccc(CN(C(=O)c2cccs2)c2ccc(F)cc2)cn1. The molecule has 4 nitrogen and oxygen atoms in total. The Bertz CT molecular complexity index is 859. The summed E-state index contributed by atoms with van der Waals surface area (Å²) < 4.78 is 13.3. The molecular formula is C21H22FN3OS. The lowest BCUT2D eigenvalue weighted by Gasteiger charge is -2.23. The Labute approximate surface area is 162 Å². The molecule has 2 heterocycles. The fourth-order valence-corrected chi connectivity index (χ4v) is 3.53. The fraction of sp³-hybridized carbons (Fsp3) is 0.238. The fourth-order valence-electron chi connectivity index (χ4n) is 2.86. The number of halogens is 1. The molecule has 0 saturated heterocycles. The van der Waals surface area contributed by atoms with Gasteiger partial charge in [0.05, 0.1) is 11.4 Å². The first-order chi connectivity index (χ1) is 13.1. The second-order valence-corrected chi connectivity index (χ2v) is 6.99. The lowest BCUT2D eigenvalue weighted by Crippen LogP contribution is -2.30. The molecule has 0 saturated carbocycles. The maximum Gasteiger partial charge on any atom is 0.268 e. The van der Waals surface area contributed by atoms with Crippen molar-refractivity contribution < 1.29 is 9.18 Å². The van der Waals surface area contributed by atoms with Crippen molar-refractivity contribution >= 4 is 28.7 Å². The summed E-state index contributed by atoms with van der Waals surface area (Å²) in [6, 6.07) is 13.6. The van der Waals surface area contributed by atoms with Gasteiger partial charge in [0.1, 0.15) is 11.6 Å². The second-order valence-electron chi connectivity index (χ2n) is 6.04. The Hall–Kier alpha value is -2.73. The molecule has 0 fully saturated rings. The quantitative estimate of drug-likeness (QED) is 0.578. The highest BCUT2D eigenvalue weighted by molar-refractivity contribution is 7.12. The highest BCUT2D eigenvalue weighted by atomic mass is 32.1. The van der Waals surface area contributed by atoms with Gasteiger partial charge in [-0.05, 0) is 61.2 Å². The Balaban J connectivity index is 1.87. The van der Waals surface area contributed by atoms with E-state index in [9.17, 15) is 9.18 Å². The molecule has 6 heteroatoms. The van der Waals surface area contributed by atoms with Crippen LogP contribution in [0, 0.1) is 5.82 Å². The number of carbonyl (C=O) groups is 1. The van der Waals surface area contributed by atoms with Crippen LogP contribution in [-0.4, -0.2) is 24.0 Å². The van der Waals surface area contributed by atoms with Crippen molar-refractivity contribution in [3.05, 3.63) is 76.4 Å². The van der Waals surface area contributed by atoms with E-state index in [2.05, 4.69) is 23.7 Å². The van der Waals surface area contributed by atoms with Gasteiger partial charge in [-0.3, -0.25) is 4.79 Å². The molecule has 27 heavy (non-hydrogen) atoms. The predicted molar refractivity (Wildman–Crippen MR) is 109 cm³/mol. The van der Waals surface area contributed by atoms with E-state index in [0.717, 1.165) is 24.5 Å². The predicted octanol–water partition coefficient (Wildman–Crippen LogP) is 4.98. The average molecular weight is 383 g/mol. The average Bonchev–Trinajstić information content (AvgIpc) is 3.23. The maximum atomic E-state index is 13.3. The number of pyridine rings is 1. The first-order valence-corrected chi connectivity index (χ1v) is 9.81. The summed E-state index contributed by atoms with van der Waals surface area (Å²) >= 11 is 1.39. The van der Waals surface area contributed by atoms with E-state index in [-0.39, 0.29) is 11.7 Å². The minimum atomic E-state index is -0.326. The van der Waals surface area contributed by atoms with Crippen LogP contribution < -0.4 is 9.80 Å². The van der Waals surface area contributed by atoms with Gasteiger partial charge in [-0.25, -0.2) is 9.37 Å². The van der Waals surface area contributed by atoms with E-state index >= 15 is 0 Å². The highest BCUT2D eigenvalue weighted by Gasteiger charge is 2.19. The summed E-state index contributed by atoms with van der Waals surface area (Å²) in [4.78, 5) is 22.0. The molecule has 140 valence electrons. The zero-order valence-electron chi connectivity index (χ0n) is 15.4. The van der Waals surface area contributed by atoms with Gasteiger partial charge < -0.3 is 9.80 Å². The minimum Gasteiger partial charge on any atom is -0.357 e. The van der Waals surface area contributed by atoms with E-state index in [1.54, 1.807) is 29.3 Å². The molecule has 3 rings (SSSR count). The number of anilines is 2. The van der Waals surface area contributed by atoms with Crippen molar-refractivity contribution in [1.82, 2.24) is 4.98 Å². The van der Waals surface area contributed by atoms with Crippen LogP contribution in [0.25, 0.3) is 0 Å². The summed E-state index contributed by atoms with van der Waals surface area (Å²) in [5.74, 6) is 0.485. The van der Waals surface area contributed by atoms with E-state index in [1.807, 2.05) is 23.6 Å². The molecular weight excluding hydrogens is 361 g/mol. The van der Waals surface area contributed by atoms with Gasteiger partial charge in [-0.2, -0.15) is 0 Å². The van der Waals surface area contributed by atoms with Crippen molar-refractivity contribution in [2.75, 3.05) is 22.9 Å². The smallest absolute Gasteiger partial charge is 0.268 e. The third-order valence-corrected chi connectivity index (χ3v) is 5.21. The molecule has 0 aliphatic heterocycles. The van der Waals surface area contributed by atoms with Crippen LogP contribution in [-0.2, 0) is 6.54 Å². The summed E-state index contributed by atoms with van der Waals surface area (Å²) in [5.41, 5.74) is 1.57. The molecule has 0 atom stereocenters. The molecule has 0 radical (unpaired) electrons.